The molecule has 0 radical (unpaired) electrons. The second-order valence-corrected chi connectivity index (χ2v) is 9.06. The van der Waals surface area contributed by atoms with Crippen LogP contribution in [-0.2, 0) is 21.9 Å². The van der Waals surface area contributed by atoms with E-state index in [1.165, 1.54) is 12.1 Å². The standard InChI is InChI=1S/C24H24F3N3O/c1-22(2,3)19-14-30(20-9-7-6-8-17(19)20)23(4,5)21(31)29-16-11-10-15(13-28)18(12-16)24(25,26)27/h6-12,14H,1-5H3,(H,29,31). The lowest BCUT2D eigenvalue weighted by atomic mass is 9.87. The van der Waals surface area contributed by atoms with Gasteiger partial charge in [-0.3, -0.25) is 4.79 Å². The summed E-state index contributed by atoms with van der Waals surface area (Å²) >= 11 is 0. The molecule has 1 heterocycles. The molecular formula is C24H24F3N3O. The molecule has 0 atom stereocenters. The monoisotopic (exact) mass is 427 g/mol. The van der Waals surface area contributed by atoms with Gasteiger partial charge in [-0.2, -0.15) is 18.4 Å². The average molecular weight is 427 g/mol. The summed E-state index contributed by atoms with van der Waals surface area (Å²) in [7, 11) is 0. The highest BCUT2D eigenvalue weighted by molar-refractivity contribution is 5.98. The Hall–Kier alpha value is -3.27. The maximum absolute atomic E-state index is 13.3. The molecule has 3 aromatic rings. The summed E-state index contributed by atoms with van der Waals surface area (Å²) in [6.45, 7) is 9.69. The van der Waals surface area contributed by atoms with Crippen molar-refractivity contribution in [2.75, 3.05) is 5.32 Å². The number of alkyl halides is 3. The van der Waals surface area contributed by atoms with Crippen molar-refractivity contribution >= 4 is 22.5 Å². The molecule has 0 saturated carbocycles. The van der Waals surface area contributed by atoms with Crippen LogP contribution in [0.4, 0.5) is 18.9 Å². The van der Waals surface area contributed by atoms with Gasteiger partial charge in [0, 0.05) is 22.8 Å². The van der Waals surface area contributed by atoms with Crippen LogP contribution in [0.3, 0.4) is 0 Å². The van der Waals surface area contributed by atoms with Crippen molar-refractivity contribution < 1.29 is 18.0 Å². The normalized spacial score (nSPS) is 12.6. The second-order valence-electron chi connectivity index (χ2n) is 9.06. The van der Waals surface area contributed by atoms with Gasteiger partial charge >= 0.3 is 6.18 Å². The summed E-state index contributed by atoms with van der Waals surface area (Å²) in [6, 6.07) is 12.4. The van der Waals surface area contributed by atoms with Gasteiger partial charge in [0.1, 0.15) is 5.54 Å². The molecule has 2 aromatic carbocycles. The van der Waals surface area contributed by atoms with Crippen LogP contribution in [-0.4, -0.2) is 10.5 Å². The molecular weight excluding hydrogens is 403 g/mol. The molecule has 0 bridgehead atoms. The Morgan fingerprint density at radius 3 is 2.23 bits per heavy atom. The van der Waals surface area contributed by atoms with Crippen molar-refractivity contribution in [2.24, 2.45) is 0 Å². The van der Waals surface area contributed by atoms with Crippen LogP contribution in [0.25, 0.3) is 10.9 Å². The average Bonchev–Trinajstić information content (AvgIpc) is 3.08. The number of para-hydroxylation sites is 1. The van der Waals surface area contributed by atoms with Gasteiger partial charge in [0.15, 0.2) is 0 Å². The van der Waals surface area contributed by atoms with Crippen LogP contribution in [0.2, 0.25) is 0 Å². The van der Waals surface area contributed by atoms with Crippen LogP contribution < -0.4 is 5.32 Å². The van der Waals surface area contributed by atoms with Crippen molar-refractivity contribution in [3.05, 3.63) is 65.4 Å². The Morgan fingerprint density at radius 2 is 1.65 bits per heavy atom. The maximum Gasteiger partial charge on any atom is 0.417 e. The van der Waals surface area contributed by atoms with E-state index >= 15 is 0 Å². The first-order valence-electron chi connectivity index (χ1n) is 9.80. The molecule has 31 heavy (non-hydrogen) atoms. The van der Waals surface area contributed by atoms with E-state index in [1.54, 1.807) is 13.8 Å². The Bertz CT molecular complexity index is 1190. The summed E-state index contributed by atoms with van der Waals surface area (Å²) in [5.41, 5.74) is -0.897. The summed E-state index contributed by atoms with van der Waals surface area (Å²) in [6.07, 6.45) is -2.76. The number of nitrogens with zero attached hydrogens (tertiary/aromatic N) is 2. The quantitative estimate of drug-likeness (QED) is 0.541. The van der Waals surface area contributed by atoms with E-state index in [0.29, 0.717) is 0 Å². The zero-order valence-corrected chi connectivity index (χ0v) is 18.1. The number of halogens is 3. The molecule has 0 fully saturated rings. The molecule has 0 unspecified atom stereocenters. The van der Waals surface area contributed by atoms with E-state index in [4.69, 9.17) is 5.26 Å². The lowest BCUT2D eigenvalue weighted by molar-refractivity contribution is -0.137. The van der Waals surface area contributed by atoms with Gasteiger partial charge in [0.05, 0.1) is 17.2 Å². The highest BCUT2D eigenvalue weighted by atomic mass is 19.4. The minimum atomic E-state index is -4.69. The number of hydrogen-bond donors (Lipinski definition) is 1. The predicted octanol–water partition coefficient (Wildman–Crippen LogP) is 6.20. The van der Waals surface area contributed by atoms with Crippen molar-refractivity contribution in [1.82, 2.24) is 4.57 Å². The van der Waals surface area contributed by atoms with Crippen molar-refractivity contribution in [1.29, 1.82) is 5.26 Å². The number of fused-ring (bicyclic) bond motifs is 1. The number of nitriles is 1. The van der Waals surface area contributed by atoms with Crippen molar-refractivity contribution in [3.8, 4) is 6.07 Å². The molecule has 0 spiro atoms. The SMILES string of the molecule is CC(C)(C)c1cn(C(C)(C)C(=O)Nc2ccc(C#N)c(C(F)(F)F)c2)c2ccccc12. The second kappa shape index (κ2) is 7.45. The van der Waals surface area contributed by atoms with Crippen LogP contribution in [0.15, 0.2) is 48.7 Å². The number of rotatable bonds is 3. The fraction of sp³-hybridized carbons (Fsp3) is 0.333. The van der Waals surface area contributed by atoms with Gasteiger partial charge in [0.25, 0.3) is 0 Å². The third-order valence-corrected chi connectivity index (χ3v) is 5.38. The molecule has 4 nitrogen and oxygen atoms in total. The third kappa shape index (κ3) is 4.15. The Labute approximate surface area is 179 Å². The van der Waals surface area contributed by atoms with E-state index in [2.05, 4.69) is 26.1 Å². The van der Waals surface area contributed by atoms with Crippen LogP contribution in [0.5, 0.6) is 0 Å². The number of carbonyl (C=O) groups excluding carboxylic acids is 1. The molecule has 3 rings (SSSR count). The largest absolute Gasteiger partial charge is 0.417 e. The topological polar surface area (TPSA) is 57.8 Å². The molecule has 0 aliphatic rings. The van der Waals surface area contributed by atoms with E-state index in [9.17, 15) is 18.0 Å². The Kier molecular flexibility index (Phi) is 5.39. The molecule has 1 N–H and O–H groups in total. The summed E-state index contributed by atoms with van der Waals surface area (Å²) < 4.78 is 41.7. The van der Waals surface area contributed by atoms with E-state index in [0.717, 1.165) is 28.6 Å². The minimum absolute atomic E-state index is 0.0168. The number of carbonyl (C=O) groups is 1. The zero-order chi connectivity index (χ0) is 23.2. The molecule has 0 aliphatic heterocycles. The van der Waals surface area contributed by atoms with E-state index in [1.807, 2.05) is 35.0 Å². The number of benzene rings is 2. The summed E-state index contributed by atoms with van der Waals surface area (Å²) in [5, 5.41) is 12.6. The number of aromatic nitrogens is 1. The first-order valence-corrected chi connectivity index (χ1v) is 9.80. The lowest BCUT2D eigenvalue weighted by Gasteiger charge is -2.27. The van der Waals surface area contributed by atoms with E-state index < -0.39 is 28.7 Å². The highest BCUT2D eigenvalue weighted by Gasteiger charge is 2.36. The highest BCUT2D eigenvalue weighted by Crippen LogP contribution is 2.36. The molecule has 162 valence electrons. The maximum atomic E-state index is 13.3. The van der Waals surface area contributed by atoms with Crippen molar-refractivity contribution in [3.63, 3.8) is 0 Å². The molecule has 0 saturated heterocycles. The van der Waals surface area contributed by atoms with Crippen molar-refractivity contribution in [2.45, 2.75) is 51.7 Å². The minimum Gasteiger partial charge on any atom is -0.332 e. The van der Waals surface area contributed by atoms with Gasteiger partial charge < -0.3 is 9.88 Å². The van der Waals surface area contributed by atoms with Gasteiger partial charge in [-0.15, -0.1) is 0 Å². The smallest absolute Gasteiger partial charge is 0.332 e. The fourth-order valence-electron chi connectivity index (χ4n) is 3.59. The zero-order valence-electron chi connectivity index (χ0n) is 18.1. The van der Waals surface area contributed by atoms with Crippen LogP contribution in [0.1, 0.15) is 51.3 Å². The van der Waals surface area contributed by atoms with Gasteiger partial charge in [0.2, 0.25) is 5.91 Å². The fourth-order valence-corrected chi connectivity index (χ4v) is 3.59. The van der Waals surface area contributed by atoms with Crippen LogP contribution in [0, 0.1) is 11.3 Å². The third-order valence-electron chi connectivity index (χ3n) is 5.38. The van der Waals surface area contributed by atoms with E-state index in [-0.39, 0.29) is 11.1 Å². The predicted molar refractivity (Wildman–Crippen MR) is 115 cm³/mol. The first-order chi connectivity index (χ1) is 14.3. The molecule has 1 aromatic heterocycles. The Morgan fingerprint density at radius 1 is 1.00 bits per heavy atom. The number of amides is 1. The molecule has 0 aliphatic carbocycles. The number of anilines is 1. The van der Waals surface area contributed by atoms with Gasteiger partial charge in [-0.05, 0) is 49.1 Å². The number of nitrogens with one attached hydrogen (secondary N) is 1. The van der Waals surface area contributed by atoms with Gasteiger partial charge in [-0.25, -0.2) is 0 Å². The van der Waals surface area contributed by atoms with Crippen LogP contribution >= 0.6 is 0 Å². The first kappa shape index (κ1) is 22.4. The van der Waals surface area contributed by atoms with Gasteiger partial charge in [-0.1, -0.05) is 39.0 Å². The number of hydrogen-bond acceptors (Lipinski definition) is 2. The Balaban J connectivity index is 2.03. The molecule has 1 amide bonds. The lowest BCUT2D eigenvalue weighted by Crippen LogP contribution is -2.40. The molecule has 7 heteroatoms. The summed E-state index contributed by atoms with van der Waals surface area (Å²) in [5.74, 6) is -0.466. The summed E-state index contributed by atoms with van der Waals surface area (Å²) in [4.78, 5) is 13.2.